The predicted octanol–water partition coefficient (Wildman–Crippen LogP) is 3.64. The lowest BCUT2D eigenvalue weighted by Crippen LogP contribution is -1.95. The number of benzene rings is 1. The van der Waals surface area contributed by atoms with E-state index in [1.54, 1.807) is 14.0 Å². The number of carbonyl (C=O) groups excluding carboxylic acids is 1. The van der Waals surface area contributed by atoms with Crippen LogP contribution in [0.4, 0.5) is 0 Å². The van der Waals surface area contributed by atoms with E-state index >= 15 is 0 Å². The zero-order valence-electron chi connectivity index (χ0n) is 10.9. The summed E-state index contributed by atoms with van der Waals surface area (Å²) in [7, 11) is 1.63. The van der Waals surface area contributed by atoms with E-state index in [4.69, 9.17) is 4.74 Å². The first kappa shape index (κ1) is 12.8. The first-order valence-corrected chi connectivity index (χ1v) is 6.48. The van der Waals surface area contributed by atoms with Crippen LogP contribution in [-0.4, -0.2) is 17.9 Å². The predicted molar refractivity (Wildman–Crippen MR) is 73.6 cm³/mol. The number of rotatable bonds is 3. The van der Waals surface area contributed by atoms with Gasteiger partial charge in [-0.05, 0) is 26.0 Å². The van der Waals surface area contributed by atoms with Gasteiger partial charge >= 0.3 is 0 Å². The maximum atomic E-state index is 11.7. The minimum Gasteiger partial charge on any atom is -0.496 e. The number of methoxy groups -OCH3 is 1. The number of aromatic nitrogens is 1. The fourth-order valence-electron chi connectivity index (χ4n) is 1.86. The van der Waals surface area contributed by atoms with Gasteiger partial charge in [0.25, 0.3) is 0 Å². The van der Waals surface area contributed by atoms with Crippen LogP contribution in [0, 0.1) is 13.8 Å². The van der Waals surface area contributed by atoms with Gasteiger partial charge in [-0.1, -0.05) is 11.6 Å². The van der Waals surface area contributed by atoms with Crippen LogP contribution in [-0.2, 0) is 0 Å². The van der Waals surface area contributed by atoms with Gasteiger partial charge in [-0.25, -0.2) is 4.98 Å². The van der Waals surface area contributed by atoms with Gasteiger partial charge in [0.15, 0.2) is 5.78 Å². The molecule has 2 aromatic rings. The van der Waals surface area contributed by atoms with Gasteiger partial charge in [-0.2, -0.15) is 0 Å². The molecule has 2 rings (SSSR count). The van der Waals surface area contributed by atoms with Crippen LogP contribution >= 0.6 is 11.3 Å². The number of nitrogens with zero attached hydrogens (tertiary/aromatic N) is 1. The Morgan fingerprint density at radius 3 is 2.67 bits per heavy atom. The van der Waals surface area contributed by atoms with Crippen LogP contribution in [0.2, 0.25) is 0 Å². The number of hydrogen-bond donors (Lipinski definition) is 0. The Hall–Kier alpha value is -1.68. The molecule has 0 radical (unpaired) electrons. The van der Waals surface area contributed by atoms with Gasteiger partial charge in [-0.3, -0.25) is 4.79 Å². The Morgan fingerprint density at radius 1 is 1.33 bits per heavy atom. The third-order valence-corrected chi connectivity index (χ3v) is 3.74. The fourth-order valence-corrected chi connectivity index (χ4v) is 2.68. The first-order valence-electron chi connectivity index (χ1n) is 5.66. The highest BCUT2D eigenvalue weighted by Gasteiger charge is 2.18. The number of hydrogen-bond acceptors (Lipinski definition) is 4. The molecule has 0 atom stereocenters. The Kier molecular flexibility index (Phi) is 3.48. The highest BCUT2D eigenvalue weighted by Crippen LogP contribution is 2.35. The van der Waals surface area contributed by atoms with Crippen molar-refractivity contribution in [2.45, 2.75) is 20.8 Å². The summed E-state index contributed by atoms with van der Waals surface area (Å²) >= 11 is 1.43. The number of ketones is 1. The normalized spacial score (nSPS) is 10.4. The van der Waals surface area contributed by atoms with Crippen LogP contribution in [0.25, 0.3) is 11.3 Å². The summed E-state index contributed by atoms with van der Waals surface area (Å²) in [5.74, 6) is 0.785. The molecular formula is C14H15NO2S. The Bertz CT molecular complexity index is 602. The van der Waals surface area contributed by atoms with Crippen molar-refractivity contribution in [2.24, 2.45) is 0 Å². The summed E-state index contributed by atoms with van der Waals surface area (Å²) in [5.41, 5.74) is 2.73. The molecule has 4 heteroatoms. The molecule has 0 saturated heterocycles. The maximum Gasteiger partial charge on any atom is 0.172 e. The number of thiazole rings is 1. The number of ether oxygens (including phenoxy) is 1. The molecule has 0 N–H and O–H groups in total. The molecule has 0 fully saturated rings. The second kappa shape index (κ2) is 4.90. The monoisotopic (exact) mass is 261 g/mol. The van der Waals surface area contributed by atoms with E-state index in [0.717, 1.165) is 27.6 Å². The summed E-state index contributed by atoms with van der Waals surface area (Å²) in [6.07, 6.45) is 0. The Morgan fingerprint density at radius 2 is 2.06 bits per heavy atom. The van der Waals surface area contributed by atoms with Gasteiger partial charge in [0.05, 0.1) is 22.7 Å². The van der Waals surface area contributed by atoms with E-state index in [0.29, 0.717) is 4.88 Å². The van der Waals surface area contributed by atoms with Gasteiger partial charge < -0.3 is 4.74 Å². The van der Waals surface area contributed by atoms with Crippen LogP contribution in [0.1, 0.15) is 27.2 Å². The minimum atomic E-state index is 0.0409. The van der Waals surface area contributed by atoms with E-state index in [9.17, 15) is 4.79 Å². The molecular weight excluding hydrogens is 246 g/mol. The molecule has 0 aliphatic rings. The summed E-state index contributed by atoms with van der Waals surface area (Å²) in [5, 5.41) is 0.888. The van der Waals surface area contributed by atoms with Gasteiger partial charge in [-0.15, -0.1) is 11.3 Å². The zero-order valence-corrected chi connectivity index (χ0v) is 11.7. The van der Waals surface area contributed by atoms with Crippen molar-refractivity contribution >= 4 is 17.1 Å². The Labute approximate surface area is 110 Å². The van der Waals surface area contributed by atoms with E-state index in [-0.39, 0.29) is 5.78 Å². The smallest absolute Gasteiger partial charge is 0.172 e. The van der Waals surface area contributed by atoms with Crippen molar-refractivity contribution in [1.82, 2.24) is 4.98 Å². The van der Waals surface area contributed by atoms with Gasteiger partial charge in [0.2, 0.25) is 0 Å². The third kappa shape index (κ3) is 2.29. The molecule has 1 heterocycles. The molecule has 0 spiro atoms. The molecule has 1 aromatic carbocycles. The van der Waals surface area contributed by atoms with Crippen LogP contribution in [0.15, 0.2) is 18.2 Å². The minimum absolute atomic E-state index is 0.0409. The Balaban J connectivity index is 2.68. The summed E-state index contributed by atoms with van der Waals surface area (Å²) < 4.78 is 5.35. The van der Waals surface area contributed by atoms with Crippen LogP contribution in [0.5, 0.6) is 5.75 Å². The number of Topliss-reactive ketones (excluding diaryl/α,β-unsaturated/α-hetero) is 1. The molecule has 0 aliphatic heterocycles. The lowest BCUT2D eigenvalue weighted by Gasteiger charge is -2.08. The standard InChI is InChI=1S/C14H15NO2S/c1-8-5-6-12(17-4)11(7-8)13-14(9(2)16)18-10(3)15-13/h5-7H,1-4H3. The van der Waals surface area contributed by atoms with Crippen LogP contribution < -0.4 is 4.74 Å². The van der Waals surface area contributed by atoms with E-state index in [1.807, 2.05) is 32.0 Å². The van der Waals surface area contributed by atoms with Crippen LogP contribution in [0.3, 0.4) is 0 Å². The van der Waals surface area contributed by atoms with Crippen molar-refractivity contribution in [3.05, 3.63) is 33.6 Å². The number of aryl methyl sites for hydroxylation is 2. The van der Waals surface area contributed by atoms with Gasteiger partial charge in [0.1, 0.15) is 5.75 Å². The quantitative estimate of drug-likeness (QED) is 0.792. The lowest BCUT2D eigenvalue weighted by atomic mass is 10.1. The first-order chi connectivity index (χ1) is 8.52. The zero-order chi connectivity index (χ0) is 13.3. The molecule has 1 aromatic heterocycles. The molecule has 0 unspecified atom stereocenters. The van der Waals surface area contributed by atoms with Crippen molar-refractivity contribution in [2.75, 3.05) is 7.11 Å². The summed E-state index contributed by atoms with van der Waals surface area (Å²) in [4.78, 5) is 16.8. The summed E-state index contributed by atoms with van der Waals surface area (Å²) in [6, 6.07) is 5.89. The molecule has 0 aliphatic carbocycles. The van der Waals surface area contributed by atoms with E-state index in [2.05, 4.69) is 4.98 Å². The van der Waals surface area contributed by atoms with Crippen molar-refractivity contribution in [3.63, 3.8) is 0 Å². The molecule has 0 bridgehead atoms. The number of carbonyl (C=O) groups is 1. The topological polar surface area (TPSA) is 39.2 Å². The highest BCUT2D eigenvalue weighted by atomic mass is 32.1. The highest BCUT2D eigenvalue weighted by molar-refractivity contribution is 7.14. The summed E-state index contributed by atoms with van der Waals surface area (Å²) in [6.45, 7) is 5.48. The third-order valence-electron chi connectivity index (χ3n) is 2.66. The van der Waals surface area contributed by atoms with Crippen molar-refractivity contribution in [1.29, 1.82) is 0 Å². The van der Waals surface area contributed by atoms with E-state index < -0.39 is 0 Å². The average Bonchev–Trinajstić information content (AvgIpc) is 2.71. The SMILES string of the molecule is COc1ccc(C)cc1-c1nc(C)sc1C(C)=O. The molecule has 3 nitrogen and oxygen atoms in total. The average molecular weight is 261 g/mol. The molecule has 18 heavy (non-hydrogen) atoms. The maximum absolute atomic E-state index is 11.7. The van der Waals surface area contributed by atoms with Gasteiger partial charge in [0, 0.05) is 12.5 Å². The molecule has 0 saturated carbocycles. The molecule has 94 valence electrons. The molecule has 0 amide bonds. The second-order valence-corrected chi connectivity index (χ2v) is 5.37. The van der Waals surface area contributed by atoms with Crippen molar-refractivity contribution < 1.29 is 9.53 Å². The second-order valence-electron chi connectivity index (χ2n) is 4.17. The largest absolute Gasteiger partial charge is 0.496 e. The van der Waals surface area contributed by atoms with E-state index in [1.165, 1.54) is 11.3 Å². The van der Waals surface area contributed by atoms with Crippen molar-refractivity contribution in [3.8, 4) is 17.0 Å². The fraction of sp³-hybridized carbons (Fsp3) is 0.286. The lowest BCUT2D eigenvalue weighted by molar-refractivity contribution is 0.102.